The molecular formula is C23H31N5O. The van der Waals surface area contributed by atoms with Crippen LogP contribution < -0.4 is 15.1 Å². The first-order chi connectivity index (χ1) is 14.2. The van der Waals surface area contributed by atoms with Crippen LogP contribution in [0.3, 0.4) is 0 Å². The summed E-state index contributed by atoms with van der Waals surface area (Å²) < 4.78 is 0. The van der Waals surface area contributed by atoms with Crippen molar-refractivity contribution in [1.29, 1.82) is 0 Å². The molecule has 2 fully saturated rings. The highest BCUT2D eigenvalue weighted by atomic mass is 16.3. The number of para-hydroxylation sites is 3. The predicted molar refractivity (Wildman–Crippen MR) is 120 cm³/mol. The van der Waals surface area contributed by atoms with Gasteiger partial charge in [-0.25, -0.2) is 0 Å². The Balaban J connectivity index is 1.26. The summed E-state index contributed by atoms with van der Waals surface area (Å²) in [5, 5.41) is 13.7. The van der Waals surface area contributed by atoms with Crippen LogP contribution in [0.4, 0.5) is 11.4 Å². The topological polar surface area (TPSA) is 54.3 Å². The van der Waals surface area contributed by atoms with Gasteiger partial charge in [-0.3, -0.25) is 4.99 Å². The van der Waals surface area contributed by atoms with Crippen molar-refractivity contribution in [2.75, 3.05) is 62.7 Å². The van der Waals surface area contributed by atoms with E-state index in [9.17, 15) is 5.11 Å². The lowest BCUT2D eigenvalue weighted by atomic mass is 10.1. The van der Waals surface area contributed by atoms with E-state index in [-0.39, 0.29) is 0 Å². The maximum atomic E-state index is 10.1. The van der Waals surface area contributed by atoms with Crippen LogP contribution in [0, 0.1) is 5.92 Å². The van der Waals surface area contributed by atoms with Gasteiger partial charge in [0.05, 0.1) is 5.69 Å². The van der Waals surface area contributed by atoms with Gasteiger partial charge in [0, 0.05) is 58.5 Å². The number of aromatic hydroxyl groups is 1. The molecule has 4 rings (SSSR count). The van der Waals surface area contributed by atoms with Gasteiger partial charge in [0.25, 0.3) is 0 Å². The summed E-state index contributed by atoms with van der Waals surface area (Å²) in [5.41, 5.74) is 2.24. The zero-order chi connectivity index (χ0) is 20.1. The number of piperazine rings is 1. The summed E-state index contributed by atoms with van der Waals surface area (Å²) >= 11 is 0. The molecule has 0 aromatic heterocycles. The van der Waals surface area contributed by atoms with E-state index >= 15 is 0 Å². The number of phenols is 1. The summed E-state index contributed by atoms with van der Waals surface area (Å²) in [4.78, 5) is 11.6. The van der Waals surface area contributed by atoms with E-state index in [0.717, 1.165) is 57.5 Å². The quantitative estimate of drug-likeness (QED) is 0.618. The largest absolute Gasteiger partial charge is 0.506 e. The number of phenolic OH excluding ortho intramolecular Hbond substituents is 1. The lowest BCUT2D eigenvalue weighted by molar-refractivity contribution is 0.366. The molecule has 0 radical (unpaired) electrons. The molecule has 6 heteroatoms. The Labute approximate surface area is 173 Å². The van der Waals surface area contributed by atoms with E-state index < -0.39 is 0 Å². The van der Waals surface area contributed by atoms with Gasteiger partial charge in [-0.1, -0.05) is 30.3 Å². The molecule has 1 unspecified atom stereocenters. The number of aliphatic imine (C=N–C) groups is 1. The summed E-state index contributed by atoms with van der Waals surface area (Å²) in [7, 11) is 1.86. The first kappa shape index (κ1) is 19.4. The van der Waals surface area contributed by atoms with Gasteiger partial charge < -0.3 is 25.1 Å². The Morgan fingerprint density at radius 1 is 0.966 bits per heavy atom. The molecule has 2 heterocycles. The maximum absolute atomic E-state index is 10.1. The minimum absolute atomic E-state index is 0.354. The third kappa shape index (κ3) is 4.58. The molecule has 2 aromatic rings. The number of rotatable bonds is 4. The minimum Gasteiger partial charge on any atom is -0.506 e. The Morgan fingerprint density at radius 2 is 1.69 bits per heavy atom. The number of nitrogens with one attached hydrogen (secondary N) is 1. The van der Waals surface area contributed by atoms with Gasteiger partial charge in [-0.05, 0) is 36.6 Å². The summed E-state index contributed by atoms with van der Waals surface area (Å²) in [6, 6.07) is 18.2. The van der Waals surface area contributed by atoms with E-state index in [4.69, 9.17) is 0 Å². The van der Waals surface area contributed by atoms with Crippen LogP contribution in [0.15, 0.2) is 59.6 Å². The molecule has 1 atom stereocenters. The van der Waals surface area contributed by atoms with Crippen molar-refractivity contribution in [1.82, 2.24) is 10.2 Å². The van der Waals surface area contributed by atoms with E-state index in [1.807, 2.05) is 25.2 Å². The van der Waals surface area contributed by atoms with Gasteiger partial charge in [0.1, 0.15) is 5.75 Å². The molecule has 2 aliphatic rings. The van der Waals surface area contributed by atoms with Crippen LogP contribution in [0.2, 0.25) is 0 Å². The van der Waals surface area contributed by atoms with Crippen molar-refractivity contribution in [3.8, 4) is 5.75 Å². The highest BCUT2D eigenvalue weighted by Gasteiger charge is 2.25. The van der Waals surface area contributed by atoms with Crippen molar-refractivity contribution in [3.05, 3.63) is 54.6 Å². The van der Waals surface area contributed by atoms with Crippen LogP contribution >= 0.6 is 0 Å². The van der Waals surface area contributed by atoms with Crippen molar-refractivity contribution < 1.29 is 5.11 Å². The van der Waals surface area contributed by atoms with Crippen LogP contribution in [0.25, 0.3) is 0 Å². The molecule has 29 heavy (non-hydrogen) atoms. The summed E-state index contributed by atoms with van der Waals surface area (Å²) in [6.45, 7) is 6.72. The number of nitrogens with zero attached hydrogens (tertiary/aromatic N) is 4. The first-order valence-electron chi connectivity index (χ1n) is 10.5. The first-order valence-corrected chi connectivity index (χ1v) is 10.5. The van der Waals surface area contributed by atoms with Crippen molar-refractivity contribution in [2.45, 2.75) is 6.42 Å². The third-order valence-electron chi connectivity index (χ3n) is 5.97. The van der Waals surface area contributed by atoms with Crippen molar-refractivity contribution in [2.24, 2.45) is 10.9 Å². The molecule has 154 valence electrons. The van der Waals surface area contributed by atoms with Crippen LogP contribution in [-0.2, 0) is 0 Å². The smallest absolute Gasteiger partial charge is 0.193 e. The van der Waals surface area contributed by atoms with Crippen molar-refractivity contribution in [3.63, 3.8) is 0 Å². The van der Waals surface area contributed by atoms with E-state index in [1.54, 1.807) is 6.07 Å². The maximum Gasteiger partial charge on any atom is 0.193 e. The normalized spacial score (nSPS) is 20.2. The van der Waals surface area contributed by atoms with Gasteiger partial charge in [0.2, 0.25) is 0 Å². The molecule has 0 amide bonds. The predicted octanol–water partition coefficient (Wildman–Crippen LogP) is 2.62. The second-order valence-electron chi connectivity index (χ2n) is 7.83. The Hall–Kier alpha value is -2.89. The van der Waals surface area contributed by atoms with Gasteiger partial charge >= 0.3 is 0 Å². The SMILES string of the molecule is CN=C(NCC1CCN(c2ccccc2)C1)N1CCN(c2ccccc2O)CC1. The molecule has 0 spiro atoms. The average molecular weight is 394 g/mol. The number of anilines is 2. The van der Waals surface area contributed by atoms with Gasteiger partial charge in [-0.2, -0.15) is 0 Å². The lowest BCUT2D eigenvalue weighted by Gasteiger charge is -2.38. The summed E-state index contributed by atoms with van der Waals surface area (Å²) in [6.07, 6.45) is 1.21. The van der Waals surface area contributed by atoms with Crippen LogP contribution in [-0.4, -0.2) is 68.8 Å². The van der Waals surface area contributed by atoms with E-state index in [1.165, 1.54) is 12.1 Å². The Morgan fingerprint density at radius 3 is 2.41 bits per heavy atom. The van der Waals surface area contributed by atoms with E-state index in [2.05, 4.69) is 55.3 Å². The van der Waals surface area contributed by atoms with Crippen LogP contribution in [0.1, 0.15) is 6.42 Å². The number of hydrogen-bond acceptors (Lipinski definition) is 4. The lowest BCUT2D eigenvalue weighted by Crippen LogP contribution is -2.53. The molecule has 2 aromatic carbocycles. The third-order valence-corrected chi connectivity index (χ3v) is 5.97. The fourth-order valence-corrected chi connectivity index (χ4v) is 4.33. The standard InChI is InChI=1S/C23H31N5O/c1-24-23(25-17-19-11-12-28(18-19)20-7-3-2-4-8-20)27-15-13-26(14-16-27)21-9-5-6-10-22(21)29/h2-10,19,29H,11-18H2,1H3,(H,24,25). The molecule has 0 saturated carbocycles. The van der Waals surface area contributed by atoms with Crippen LogP contribution in [0.5, 0.6) is 5.75 Å². The second kappa shape index (κ2) is 9.07. The molecular weight excluding hydrogens is 362 g/mol. The average Bonchev–Trinajstić information content (AvgIpc) is 3.25. The monoisotopic (exact) mass is 393 g/mol. The number of hydrogen-bond donors (Lipinski definition) is 2. The fourth-order valence-electron chi connectivity index (χ4n) is 4.33. The molecule has 0 bridgehead atoms. The highest BCUT2D eigenvalue weighted by Crippen LogP contribution is 2.27. The number of guanidine groups is 1. The molecule has 0 aliphatic carbocycles. The molecule has 2 aliphatic heterocycles. The fraction of sp³-hybridized carbons (Fsp3) is 0.435. The van der Waals surface area contributed by atoms with Crippen molar-refractivity contribution >= 4 is 17.3 Å². The zero-order valence-electron chi connectivity index (χ0n) is 17.2. The van der Waals surface area contributed by atoms with Gasteiger partial charge in [0.15, 0.2) is 5.96 Å². The highest BCUT2D eigenvalue weighted by molar-refractivity contribution is 5.80. The summed E-state index contributed by atoms with van der Waals surface area (Å²) in [5.74, 6) is 1.97. The Bertz CT molecular complexity index is 817. The van der Waals surface area contributed by atoms with Gasteiger partial charge in [-0.15, -0.1) is 0 Å². The molecule has 2 N–H and O–H groups in total. The number of benzene rings is 2. The van der Waals surface area contributed by atoms with E-state index in [0.29, 0.717) is 11.7 Å². The minimum atomic E-state index is 0.354. The molecule has 2 saturated heterocycles. The second-order valence-corrected chi connectivity index (χ2v) is 7.83. The Kier molecular flexibility index (Phi) is 6.08. The zero-order valence-corrected chi connectivity index (χ0v) is 17.2. The molecule has 6 nitrogen and oxygen atoms in total.